The number of hydrogen-bond donors (Lipinski definition) is 0. The van der Waals surface area contributed by atoms with Crippen molar-refractivity contribution in [3.63, 3.8) is 0 Å². The van der Waals surface area contributed by atoms with E-state index < -0.39 is 0 Å². The van der Waals surface area contributed by atoms with Crippen LogP contribution in [0.2, 0.25) is 0 Å². The smallest absolute Gasteiger partial charge is 0.159 e. The predicted molar refractivity (Wildman–Crippen MR) is 230 cm³/mol. The third kappa shape index (κ3) is 3.76. The fourth-order valence-corrected chi connectivity index (χ4v) is 14.4. The normalized spacial score (nSPS) is 29.1. The Morgan fingerprint density at radius 1 is 0.554 bits per heavy atom. The van der Waals surface area contributed by atoms with E-state index in [1.165, 1.54) is 77.6 Å². The van der Waals surface area contributed by atoms with E-state index in [9.17, 15) is 0 Å². The molecule has 1 heterocycles. The van der Waals surface area contributed by atoms with Crippen LogP contribution in [0.4, 0.5) is 17.1 Å². The van der Waals surface area contributed by atoms with E-state index in [1.807, 2.05) is 0 Å². The van der Waals surface area contributed by atoms with Gasteiger partial charge in [-0.1, -0.05) is 119 Å². The molecule has 6 unspecified atom stereocenters. The van der Waals surface area contributed by atoms with Crippen LogP contribution in [-0.2, 0) is 16.2 Å². The molecular formula is C54H49NO. The van der Waals surface area contributed by atoms with Crippen molar-refractivity contribution in [1.82, 2.24) is 0 Å². The molecule has 0 amide bonds. The van der Waals surface area contributed by atoms with Crippen molar-refractivity contribution >= 4 is 39.0 Å². The Labute approximate surface area is 330 Å². The van der Waals surface area contributed by atoms with Gasteiger partial charge in [0.25, 0.3) is 0 Å². The second-order valence-electron chi connectivity index (χ2n) is 20.0. The van der Waals surface area contributed by atoms with Crippen LogP contribution >= 0.6 is 0 Å². The molecule has 6 aliphatic carbocycles. The topological polar surface area (TPSA) is 16.4 Å². The van der Waals surface area contributed by atoms with Crippen LogP contribution in [-0.4, -0.2) is 0 Å². The van der Waals surface area contributed by atoms with Crippen molar-refractivity contribution in [2.24, 2.45) is 29.1 Å². The monoisotopic (exact) mass is 727 g/mol. The molecule has 7 aromatic rings. The second kappa shape index (κ2) is 10.5. The summed E-state index contributed by atoms with van der Waals surface area (Å²) in [5.74, 6) is 3.55. The van der Waals surface area contributed by atoms with Crippen LogP contribution in [0.15, 0.2) is 132 Å². The van der Waals surface area contributed by atoms with Gasteiger partial charge in [0, 0.05) is 27.6 Å². The van der Waals surface area contributed by atoms with Gasteiger partial charge in [-0.05, 0) is 159 Å². The molecule has 2 nitrogen and oxygen atoms in total. The minimum Gasteiger partial charge on any atom is -0.454 e. The zero-order chi connectivity index (χ0) is 37.3. The van der Waals surface area contributed by atoms with Gasteiger partial charge in [-0.25, -0.2) is 0 Å². The maximum atomic E-state index is 6.75. The highest BCUT2D eigenvalue weighted by Gasteiger charge is 2.84. The van der Waals surface area contributed by atoms with E-state index in [0.717, 1.165) is 57.0 Å². The van der Waals surface area contributed by atoms with E-state index >= 15 is 0 Å². The molecule has 276 valence electrons. The van der Waals surface area contributed by atoms with Gasteiger partial charge >= 0.3 is 0 Å². The molecular weight excluding hydrogens is 679 g/mol. The first-order valence-electron chi connectivity index (χ1n) is 21.4. The number of fused-ring (bicyclic) bond motifs is 12. The SMILES string of the molecule is CC1(C)CCC(C)(C)c2cc(-c3ccc(N(c4ccc5c(c4)-c4ccccc4C54C5CC6CC7CC4C75C6)c4cccc5c4oc4ccccc45)cc3)ccc21. The van der Waals surface area contributed by atoms with E-state index in [-0.39, 0.29) is 16.2 Å². The van der Waals surface area contributed by atoms with E-state index in [2.05, 4.69) is 160 Å². The largest absolute Gasteiger partial charge is 0.454 e. The Kier molecular flexibility index (Phi) is 5.98. The lowest BCUT2D eigenvalue weighted by molar-refractivity contribution is -0.231. The fraction of sp³-hybridized carbons (Fsp3) is 0.333. The number of benzene rings is 6. The standard InChI is InChI=1S/C54H49NO/c1-51(2)24-25-52(3,4)45-28-34(18-22-44(45)51)33-16-19-36(20-17-33)55(46-14-9-12-40-39-11-6-8-15-47(39)56-50(40)46)37-21-23-43-41(30-37)38-10-5-7-13-42(38)54(43)48-27-32-26-35-29-49(54)53(35,48)31-32/h5-23,28,30,32,35,48-49H,24-27,29,31H2,1-4H3. The van der Waals surface area contributed by atoms with Gasteiger partial charge in [0.1, 0.15) is 5.58 Å². The summed E-state index contributed by atoms with van der Waals surface area (Å²) in [7, 11) is 0. The molecule has 2 spiro atoms. The van der Waals surface area contributed by atoms with Crippen LogP contribution in [0.3, 0.4) is 0 Å². The van der Waals surface area contributed by atoms with Crippen molar-refractivity contribution in [1.29, 1.82) is 0 Å². The van der Waals surface area contributed by atoms with Gasteiger partial charge in [0.15, 0.2) is 5.58 Å². The Hall–Kier alpha value is -5.08. The molecule has 2 heteroatoms. The molecule has 0 radical (unpaired) electrons. The lowest BCUT2D eigenvalue weighted by atomic mass is 9.27. The molecule has 4 saturated carbocycles. The van der Waals surface area contributed by atoms with Gasteiger partial charge < -0.3 is 9.32 Å². The average molecular weight is 728 g/mol. The van der Waals surface area contributed by atoms with E-state index in [0.29, 0.717) is 5.41 Å². The van der Waals surface area contributed by atoms with E-state index in [4.69, 9.17) is 4.42 Å². The molecule has 0 N–H and O–H groups in total. The van der Waals surface area contributed by atoms with Gasteiger partial charge in [0.05, 0.1) is 5.69 Å². The Bertz CT molecular complexity index is 2820. The summed E-state index contributed by atoms with van der Waals surface area (Å²) >= 11 is 0. The summed E-state index contributed by atoms with van der Waals surface area (Å²) < 4.78 is 6.75. The summed E-state index contributed by atoms with van der Waals surface area (Å²) in [4.78, 5) is 2.46. The highest BCUT2D eigenvalue weighted by atomic mass is 16.3. The molecule has 2 bridgehead atoms. The second-order valence-corrected chi connectivity index (χ2v) is 20.0. The lowest BCUT2D eigenvalue weighted by Gasteiger charge is -2.76. The lowest BCUT2D eigenvalue weighted by Crippen LogP contribution is -2.73. The van der Waals surface area contributed by atoms with Crippen molar-refractivity contribution < 1.29 is 4.42 Å². The first-order valence-corrected chi connectivity index (χ1v) is 21.4. The average Bonchev–Trinajstić information content (AvgIpc) is 3.95. The molecule has 0 saturated heterocycles. The molecule has 1 aromatic heterocycles. The Morgan fingerprint density at radius 2 is 1.25 bits per heavy atom. The quantitative estimate of drug-likeness (QED) is 0.179. The van der Waals surface area contributed by atoms with Crippen LogP contribution in [0.25, 0.3) is 44.2 Å². The number of rotatable bonds is 4. The summed E-state index contributed by atoms with van der Waals surface area (Å²) in [6.45, 7) is 9.66. The molecule has 6 atom stereocenters. The molecule has 0 aliphatic heterocycles. The van der Waals surface area contributed by atoms with Crippen LogP contribution in [0.5, 0.6) is 0 Å². The highest BCUT2D eigenvalue weighted by Crippen LogP contribution is 2.89. The summed E-state index contributed by atoms with van der Waals surface area (Å²) in [6.07, 6.45) is 8.29. The minimum atomic E-state index is 0.172. The number of para-hydroxylation sites is 2. The molecule has 56 heavy (non-hydrogen) atoms. The zero-order valence-electron chi connectivity index (χ0n) is 33.0. The molecule has 6 aromatic carbocycles. The summed E-state index contributed by atoms with van der Waals surface area (Å²) in [6, 6.07) is 48.7. The van der Waals surface area contributed by atoms with Crippen LogP contribution in [0, 0.1) is 29.1 Å². The third-order valence-electron chi connectivity index (χ3n) is 16.8. The molecule has 13 rings (SSSR count). The molecule has 6 aliphatic rings. The summed E-state index contributed by atoms with van der Waals surface area (Å²) in [5, 5.41) is 2.31. The van der Waals surface area contributed by atoms with Gasteiger partial charge in [-0.2, -0.15) is 0 Å². The van der Waals surface area contributed by atoms with Crippen molar-refractivity contribution in [2.45, 2.75) is 82.5 Å². The van der Waals surface area contributed by atoms with Crippen LogP contribution < -0.4 is 4.90 Å². The van der Waals surface area contributed by atoms with Crippen molar-refractivity contribution in [2.75, 3.05) is 4.90 Å². The third-order valence-corrected chi connectivity index (χ3v) is 16.8. The maximum Gasteiger partial charge on any atom is 0.159 e. The number of hydrogen-bond acceptors (Lipinski definition) is 2. The number of furan rings is 1. The van der Waals surface area contributed by atoms with Gasteiger partial charge in [-0.15, -0.1) is 0 Å². The summed E-state index contributed by atoms with van der Waals surface area (Å²) in [5.41, 5.74) is 18.1. The van der Waals surface area contributed by atoms with Crippen molar-refractivity contribution in [3.8, 4) is 22.3 Å². The van der Waals surface area contributed by atoms with Gasteiger partial charge in [-0.3, -0.25) is 0 Å². The first kappa shape index (κ1) is 32.1. The maximum absolute atomic E-state index is 6.75. The van der Waals surface area contributed by atoms with Gasteiger partial charge in [0.2, 0.25) is 0 Å². The van der Waals surface area contributed by atoms with E-state index in [1.54, 1.807) is 11.1 Å². The Morgan fingerprint density at radius 3 is 2.11 bits per heavy atom. The number of anilines is 3. The fourth-order valence-electron chi connectivity index (χ4n) is 14.4. The van der Waals surface area contributed by atoms with Crippen LogP contribution in [0.1, 0.15) is 88.5 Å². The highest BCUT2D eigenvalue weighted by molar-refractivity contribution is 6.10. The first-order chi connectivity index (χ1) is 27.2. The predicted octanol–water partition coefficient (Wildman–Crippen LogP) is 14.4. The molecule has 4 fully saturated rings. The van der Waals surface area contributed by atoms with Crippen molar-refractivity contribution in [3.05, 3.63) is 150 Å². The zero-order valence-corrected chi connectivity index (χ0v) is 33.0. The minimum absolute atomic E-state index is 0.172. The number of nitrogens with zero attached hydrogens (tertiary/aromatic N) is 1. The Balaban J connectivity index is 0.973.